The Bertz CT molecular complexity index is 668. The van der Waals surface area contributed by atoms with Crippen molar-refractivity contribution in [2.75, 3.05) is 19.6 Å². The van der Waals surface area contributed by atoms with Crippen LogP contribution in [0.1, 0.15) is 24.2 Å². The number of carboxylic acid groups (broad SMARTS) is 1. The number of hydrogen-bond donors (Lipinski definition) is 2. The number of H-pyrrole nitrogens is 1. The van der Waals surface area contributed by atoms with Gasteiger partial charge in [0.05, 0.1) is 16.6 Å². The van der Waals surface area contributed by atoms with E-state index in [9.17, 15) is 9.59 Å². The van der Waals surface area contributed by atoms with Gasteiger partial charge in [-0.05, 0) is 25.2 Å². The first-order valence-electron chi connectivity index (χ1n) is 6.75. The zero-order chi connectivity index (χ0) is 14.7. The fraction of sp³-hybridized carbons (Fsp3) is 0.429. The quantitative estimate of drug-likeness (QED) is 0.836. The molecule has 0 atom stereocenters. The molecule has 1 heterocycles. The average molecular weight is 277 g/mol. The summed E-state index contributed by atoms with van der Waals surface area (Å²) in [5.41, 5.74) is 0.897. The predicted octanol–water partition coefficient (Wildman–Crippen LogP) is 1.37. The molecule has 1 aromatic carbocycles. The van der Waals surface area contributed by atoms with Crippen LogP contribution in [-0.4, -0.2) is 45.2 Å². The molecule has 0 spiro atoms. The van der Waals surface area contributed by atoms with E-state index in [2.05, 4.69) is 23.7 Å². The normalized spacial score (nSPS) is 11.3. The van der Waals surface area contributed by atoms with Crippen LogP contribution in [0.2, 0.25) is 0 Å². The molecule has 0 radical (unpaired) electrons. The smallest absolute Gasteiger partial charge is 0.337 e. The van der Waals surface area contributed by atoms with Crippen LogP contribution in [0.3, 0.4) is 0 Å². The van der Waals surface area contributed by atoms with E-state index < -0.39 is 5.97 Å². The first kappa shape index (κ1) is 14.3. The van der Waals surface area contributed by atoms with Crippen LogP contribution in [0.4, 0.5) is 0 Å². The molecule has 108 valence electrons. The van der Waals surface area contributed by atoms with Crippen LogP contribution in [0.15, 0.2) is 23.0 Å². The lowest BCUT2D eigenvalue weighted by Gasteiger charge is -2.17. The molecule has 1 aromatic heterocycles. The van der Waals surface area contributed by atoms with Crippen molar-refractivity contribution in [2.24, 2.45) is 0 Å². The van der Waals surface area contributed by atoms with Crippen molar-refractivity contribution in [2.45, 2.75) is 20.4 Å². The molecule has 6 heteroatoms. The van der Waals surface area contributed by atoms with Gasteiger partial charge in [-0.3, -0.25) is 4.57 Å². The molecule has 0 aliphatic heterocycles. The van der Waals surface area contributed by atoms with E-state index in [1.54, 1.807) is 16.7 Å². The number of nitrogens with zero attached hydrogens (tertiary/aromatic N) is 2. The molecule has 0 saturated carbocycles. The average Bonchev–Trinajstić information content (AvgIpc) is 2.75. The number of imidazole rings is 1. The Balaban J connectivity index is 2.39. The van der Waals surface area contributed by atoms with Gasteiger partial charge in [-0.25, -0.2) is 9.59 Å². The number of aromatic amines is 1. The van der Waals surface area contributed by atoms with Crippen LogP contribution in [0.25, 0.3) is 11.0 Å². The van der Waals surface area contributed by atoms with Crippen LogP contribution in [0, 0.1) is 0 Å². The highest BCUT2D eigenvalue weighted by molar-refractivity contribution is 6.00. The third-order valence-corrected chi connectivity index (χ3v) is 3.58. The van der Waals surface area contributed by atoms with Gasteiger partial charge in [0.15, 0.2) is 0 Å². The summed E-state index contributed by atoms with van der Waals surface area (Å²) in [4.78, 5) is 28.0. The van der Waals surface area contributed by atoms with Gasteiger partial charge in [0.25, 0.3) is 0 Å². The van der Waals surface area contributed by atoms with E-state index in [1.165, 1.54) is 6.07 Å². The van der Waals surface area contributed by atoms with Gasteiger partial charge in [-0.15, -0.1) is 0 Å². The zero-order valence-electron chi connectivity index (χ0n) is 11.7. The van der Waals surface area contributed by atoms with Crippen molar-refractivity contribution in [3.05, 3.63) is 34.2 Å². The summed E-state index contributed by atoms with van der Waals surface area (Å²) in [6, 6.07) is 4.92. The maximum Gasteiger partial charge on any atom is 0.337 e. The number of fused-ring (bicyclic) bond motifs is 1. The number of nitrogens with one attached hydrogen (secondary N) is 1. The van der Waals surface area contributed by atoms with Gasteiger partial charge >= 0.3 is 11.7 Å². The van der Waals surface area contributed by atoms with E-state index in [-0.39, 0.29) is 11.3 Å². The summed E-state index contributed by atoms with van der Waals surface area (Å²) in [7, 11) is 0. The number of likely N-dealkylation sites (N-methyl/N-ethyl adjacent to an activating group) is 1. The molecular formula is C14H19N3O3. The monoisotopic (exact) mass is 277 g/mol. The Morgan fingerprint density at radius 3 is 2.65 bits per heavy atom. The van der Waals surface area contributed by atoms with E-state index in [0.717, 1.165) is 19.6 Å². The van der Waals surface area contributed by atoms with Gasteiger partial charge in [0.2, 0.25) is 0 Å². The molecule has 0 aliphatic carbocycles. The van der Waals surface area contributed by atoms with Gasteiger partial charge in [0.1, 0.15) is 0 Å². The van der Waals surface area contributed by atoms with E-state index >= 15 is 0 Å². The first-order chi connectivity index (χ1) is 9.58. The fourth-order valence-electron chi connectivity index (χ4n) is 2.36. The summed E-state index contributed by atoms with van der Waals surface area (Å²) < 4.78 is 1.60. The number of benzene rings is 1. The van der Waals surface area contributed by atoms with Crippen molar-refractivity contribution >= 4 is 17.0 Å². The van der Waals surface area contributed by atoms with Crippen LogP contribution in [-0.2, 0) is 6.54 Å². The molecule has 2 aromatic rings. The van der Waals surface area contributed by atoms with Crippen LogP contribution in [0.5, 0.6) is 0 Å². The Morgan fingerprint density at radius 2 is 2.05 bits per heavy atom. The minimum absolute atomic E-state index is 0.126. The fourth-order valence-corrected chi connectivity index (χ4v) is 2.36. The minimum Gasteiger partial charge on any atom is -0.478 e. The first-order valence-corrected chi connectivity index (χ1v) is 6.75. The third-order valence-electron chi connectivity index (χ3n) is 3.58. The van der Waals surface area contributed by atoms with E-state index in [0.29, 0.717) is 17.6 Å². The molecule has 20 heavy (non-hydrogen) atoms. The van der Waals surface area contributed by atoms with Crippen LogP contribution < -0.4 is 5.69 Å². The molecule has 0 fully saturated rings. The third kappa shape index (κ3) is 2.60. The molecule has 2 N–H and O–H groups in total. The molecule has 0 aliphatic rings. The number of aromatic carboxylic acids is 1. The number of carboxylic acids is 1. The molecule has 6 nitrogen and oxygen atoms in total. The molecular weight excluding hydrogens is 258 g/mol. The Labute approximate surface area is 116 Å². The predicted molar refractivity (Wildman–Crippen MR) is 77.3 cm³/mol. The van der Waals surface area contributed by atoms with Crippen LogP contribution >= 0.6 is 0 Å². The Morgan fingerprint density at radius 1 is 1.35 bits per heavy atom. The lowest BCUT2D eigenvalue weighted by atomic mass is 10.2. The lowest BCUT2D eigenvalue weighted by molar-refractivity contribution is 0.0699. The molecule has 0 amide bonds. The van der Waals surface area contributed by atoms with Crippen molar-refractivity contribution in [1.29, 1.82) is 0 Å². The number of hydrogen-bond acceptors (Lipinski definition) is 3. The minimum atomic E-state index is -1.03. The second kappa shape index (κ2) is 5.92. The molecule has 2 rings (SSSR count). The molecule has 0 saturated heterocycles. The highest BCUT2D eigenvalue weighted by Crippen LogP contribution is 2.15. The maximum atomic E-state index is 12.0. The maximum absolute atomic E-state index is 12.0. The van der Waals surface area contributed by atoms with Crippen molar-refractivity contribution in [3.8, 4) is 0 Å². The second-order valence-corrected chi connectivity index (χ2v) is 4.61. The lowest BCUT2D eigenvalue weighted by Crippen LogP contribution is -2.29. The summed E-state index contributed by atoms with van der Waals surface area (Å²) in [5.74, 6) is -1.03. The summed E-state index contributed by atoms with van der Waals surface area (Å²) in [6.07, 6.45) is 0. The SMILES string of the molecule is CCN(CC)CCn1c(=O)[nH]c2c(C(=O)O)cccc21. The summed E-state index contributed by atoms with van der Waals surface area (Å²) in [6.45, 7) is 7.30. The standard InChI is InChI=1S/C14H19N3O3/c1-3-16(4-2)8-9-17-11-7-5-6-10(13(18)19)12(11)15-14(17)20/h5-7H,3-4,8-9H2,1-2H3,(H,15,20)(H,18,19). The summed E-state index contributed by atoms with van der Waals surface area (Å²) in [5, 5.41) is 9.14. The number of para-hydroxylation sites is 1. The molecule has 0 bridgehead atoms. The van der Waals surface area contributed by atoms with Crippen molar-refractivity contribution in [1.82, 2.24) is 14.5 Å². The van der Waals surface area contributed by atoms with E-state index in [4.69, 9.17) is 5.11 Å². The Hall–Kier alpha value is -2.08. The highest BCUT2D eigenvalue weighted by Gasteiger charge is 2.14. The van der Waals surface area contributed by atoms with Gasteiger partial charge in [-0.2, -0.15) is 0 Å². The zero-order valence-corrected chi connectivity index (χ0v) is 11.7. The van der Waals surface area contributed by atoms with Gasteiger partial charge < -0.3 is 15.0 Å². The topological polar surface area (TPSA) is 78.3 Å². The second-order valence-electron chi connectivity index (χ2n) is 4.61. The number of rotatable bonds is 6. The number of carbonyl (C=O) groups is 1. The Kier molecular flexibility index (Phi) is 4.24. The van der Waals surface area contributed by atoms with Crippen molar-refractivity contribution < 1.29 is 9.90 Å². The molecule has 0 unspecified atom stereocenters. The van der Waals surface area contributed by atoms with Gasteiger partial charge in [-0.1, -0.05) is 19.9 Å². The largest absolute Gasteiger partial charge is 0.478 e. The summed E-state index contributed by atoms with van der Waals surface area (Å²) >= 11 is 0. The van der Waals surface area contributed by atoms with Gasteiger partial charge in [0, 0.05) is 13.1 Å². The van der Waals surface area contributed by atoms with Crippen molar-refractivity contribution in [3.63, 3.8) is 0 Å². The van der Waals surface area contributed by atoms with E-state index in [1.807, 2.05) is 0 Å². The highest BCUT2D eigenvalue weighted by atomic mass is 16.4. The number of aromatic nitrogens is 2.